The van der Waals surface area contributed by atoms with Crippen molar-refractivity contribution in [3.05, 3.63) is 0 Å². The van der Waals surface area contributed by atoms with E-state index in [-0.39, 0.29) is 0 Å². The summed E-state index contributed by atoms with van der Waals surface area (Å²) in [4.78, 5) is 11.5. The van der Waals surface area contributed by atoms with Gasteiger partial charge in [0.15, 0.2) is 0 Å². The molecule has 1 aliphatic heterocycles. The number of aliphatic carboxylic acids is 1. The summed E-state index contributed by atoms with van der Waals surface area (Å²) in [5.74, 6) is 0.863. The normalized spacial score (nSPS) is 35.3. The van der Waals surface area contributed by atoms with Gasteiger partial charge in [0, 0.05) is 5.75 Å². The Labute approximate surface area is 94.3 Å². The van der Waals surface area contributed by atoms with E-state index in [9.17, 15) is 15.0 Å². The number of carbonyl (C=O) groups is 1. The van der Waals surface area contributed by atoms with Crippen molar-refractivity contribution in [2.75, 3.05) is 11.5 Å². The molecule has 0 aromatic carbocycles. The highest BCUT2D eigenvalue weighted by atomic mass is 32.2. The summed E-state index contributed by atoms with van der Waals surface area (Å²) in [6, 6.07) is 0. The average Bonchev–Trinajstić information content (AvgIpc) is 2.69. The third kappa shape index (κ3) is 1.68. The van der Waals surface area contributed by atoms with E-state index in [1.165, 1.54) is 0 Å². The second-order valence-corrected chi connectivity index (χ2v) is 5.89. The van der Waals surface area contributed by atoms with Crippen LogP contribution in [0.1, 0.15) is 38.5 Å². The highest BCUT2D eigenvalue weighted by Crippen LogP contribution is 2.51. The molecule has 86 valence electrons. The van der Waals surface area contributed by atoms with Crippen molar-refractivity contribution in [2.24, 2.45) is 5.41 Å². The van der Waals surface area contributed by atoms with E-state index in [2.05, 4.69) is 0 Å². The van der Waals surface area contributed by atoms with Crippen molar-refractivity contribution in [1.82, 2.24) is 0 Å². The first-order chi connectivity index (χ1) is 7.11. The van der Waals surface area contributed by atoms with E-state index in [0.717, 1.165) is 25.0 Å². The molecule has 0 aromatic rings. The monoisotopic (exact) mass is 230 g/mol. The van der Waals surface area contributed by atoms with Crippen LogP contribution in [0.4, 0.5) is 0 Å². The molecule has 0 spiro atoms. The van der Waals surface area contributed by atoms with Gasteiger partial charge in [-0.3, -0.25) is 4.79 Å². The Hall–Kier alpha value is -0.220. The number of hydrogen-bond donors (Lipinski definition) is 2. The molecule has 1 saturated carbocycles. The Bertz CT molecular complexity index is 253. The van der Waals surface area contributed by atoms with Crippen LogP contribution in [0.2, 0.25) is 0 Å². The lowest BCUT2D eigenvalue weighted by Crippen LogP contribution is -2.54. The molecule has 2 aliphatic rings. The zero-order valence-electron chi connectivity index (χ0n) is 8.87. The maximum atomic E-state index is 11.5. The first-order valence-electron chi connectivity index (χ1n) is 5.64. The molecule has 2 rings (SSSR count). The fourth-order valence-corrected chi connectivity index (χ4v) is 4.27. The van der Waals surface area contributed by atoms with Crippen LogP contribution in [0.5, 0.6) is 0 Å². The molecule has 0 aromatic heterocycles. The number of carboxylic acid groups (broad SMARTS) is 1. The SMILES string of the molecule is O=C(O)C1(C2(O)CCCSC2)CCCC1. The summed E-state index contributed by atoms with van der Waals surface area (Å²) in [7, 11) is 0. The lowest BCUT2D eigenvalue weighted by atomic mass is 9.69. The molecule has 3 nitrogen and oxygen atoms in total. The molecule has 4 heteroatoms. The summed E-state index contributed by atoms with van der Waals surface area (Å²) >= 11 is 1.69. The molecule has 15 heavy (non-hydrogen) atoms. The molecule has 1 unspecified atom stereocenters. The molecule has 2 fully saturated rings. The molecule has 1 atom stereocenters. The quantitative estimate of drug-likeness (QED) is 0.760. The lowest BCUT2D eigenvalue weighted by Gasteiger charge is -2.44. The summed E-state index contributed by atoms with van der Waals surface area (Å²) in [6.45, 7) is 0. The Morgan fingerprint density at radius 2 is 1.80 bits per heavy atom. The second kappa shape index (κ2) is 3.98. The van der Waals surface area contributed by atoms with E-state index in [4.69, 9.17) is 0 Å². The van der Waals surface area contributed by atoms with Gasteiger partial charge in [0.1, 0.15) is 0 Å². The van der Waals surface area contributed by atoms with E-state index < -0.39 is 17.0 Å². The van der Waals surface area contributed by atoms with Gasteiger partial charge in [-0.15, -0.1) is 0 Å². The Kier molecular flexibility index (Phi) is 2.99. The van der Waals surface area contributed by atoms with Crippen LogP contribution in [0.3, 0.4) is 0 Å². The third-order valence-corrected chi connectivity index (χ3v) is 5.24. The highest BCUT2D eigenvalue weighted by molar-refractivity contribution is 7.99. The van der Waals surface area contributed by atoms with Gasteiger partial charge < -0.3 is 10.2 Å². The predicted octanol–water partition coefficient (Wildman–Crippen LogP) is 1.89. The van der Waals surface area contributed by atoms with Gasteiger partial charge in [-0.2, -0.15) is 11.8 Å². The van der Waals surface area contributed by atoms with Crippen molar-refractivity contribution in [3.63, 3.8) is 0 Å². The van der Waals surface area contributed by atoms with Crippen molar-refractivity contribution in [3.8, 4) is 0 Å². The molecular weight excluding hydrogens is 212 g/mol. The van der Waals surface area contributed by atoms with Crippen LogP contribution in [0, 0.1) is 5.41 Å². The summed E-state index contributed by atoms with van der Waals surface area (Å²) < 4.78 is 0. The van der Waals surface area contributed by atoms with Crippen LogP contribution in [0.25, 0.3) is 0 Å². The highest BCUT2D eigenvalue weighted by Gasteiger charge is 2.57. The van der Waals surface area contributed by atoms with Crippen LogP contribution in [-0.2, 0) is 4.79 Å². The molecule has 0 bridgehead atoms. The topological polar surface area (TPSA) is 57.5 Å². The van der Waals surface area contributed by atoms with E-state index >= 15 is 0 Å². The first-order valence-corrected chi connectivity index (χ1v) is 6.80. The Morgan fingerprint density at radius 3 is 2.27 bits per heavy atom. The van der Waals surface area contributed by atoms with Gasteiger partial charge in [-0.1, -0.05) is 12.8 Å². The summed E-state index contributed by atoms with van der Waals surface area (Å²) in [5.41, 5.74) is -1.81. The van der Waals surface area contributed by atoms with Gasteiger partial charge >= 0.3 is 5.97 Å². The second-order valence-electron chi connectivity index (χ2n) is 4.78. The van der Waals surface area contributed by atoms with Crippen LogP contribution >= 0.6 is 11.8 Å². The van der Waals surface area contributed by atoms with Crippen molar-refractivity contribution < 1.29 is 15.0 Å². The number of rotatable bonds is 2. The van der Waals surface area contributed by atoms with E-state index in [0.29, 0.717) is 25.0 Å². The van der Waals surface area contributed by atoms with Crippen molar-refractivity contribution in [1.29, 1.82) is 0 Å². The number of aliphatic hydroxyl groups is 1. The smallest absolute Gasteiger partial charge is 0.312 e. The fourth-order valence-electron chi connectivity index (χ4n) is 3.01. The molecule has 2 N–H and O–H groups in total. The van der Waals surface area contributed by atoms with E-state index in [1.807, 2.05) is 0 Å². The zero-order chi connectivity index (χ0) is 10.9. The minimum atomic E-state index is -0.960. The molecule has 0 radical (unpaired) electrons. The van der Waals surface area contributed by atoms with Gasteiger partial charge in [-0.25, -0.2) is 0 Å². The average molecular weight is 230 g/mol. The maximum absolute atomic E-state index is 11.5. The van der Waals surface area contributed by atoms with Crippen molar-refractivity contribution >= 4 is 17.7 Å². The standard InChI is InChI=1S/C11H18O3S/c12-9(13)10(4-1-2-5-10)11(14)6-3-7-15-8-11/h14H,1-8H2,(H,12,13). The molecule has 1 saturated heterocycles. The predicted molar refractivity (Wildman–Crippen MR) is 60.0 cm³/mol. The number of carboxylic acids is 1. The summed E-state index contributed by atoms with van der Waals surface area (Å²) in [6.07, 6.45) is 4.79. The van der Waals surface area contributed by atoms with E-state index in [1.54, 1.807) is 11.8 Å². The van der Waals surface area contributed by atoms with Crippen LogP contribution in [-0.4, -0.2) is 33.3 Å². The van der Waals surface area contributed by atoms with Crippen LogP contribution < -0.4 is 0 Å². The summed E-state index contributed by atoms with van der Waals surface area (Å²) in [5, 5.41) is 20.0. The molecule has 1 aliphatic carbocycles. The molecule has 0 amide bonds. The maximum Gasteiger partial charge on any atom is 0.312 e. The molecular formula is C11H18O3S. The largest absolute Gasteiger partial charge is 0.481 e. The Morgan fingerprint density at radius 1 is 1.13 bits per heavy atom. The third-order valence-electron chi connectivity index (χ3n) is 3.98. The Balaban J connectivity index is 2.26. The minimum absolute atomic E-state index is 0.597. The zero-order valence-corrected chi connectivity index (χ0v) is 9.68. The molecule has 1 heterocycles. The lowest BCUT2D eigenvalue weighted by molar-refractivity contribution is -0.167. The van der Waals surface area contributed by atoms with Gasteiger partial charge in [0.05, 0.1) is 11.0 Å². The van der Waals surface area contributed by atoms with Gasteiger partial charge in [0.25, 0.3) is 0 Å². The number of thioether (sulfide) groups is 1. The first kappa shape index (κ1) is 11.3. The minimum Gasteiger partial charge on any atom is -0.481 e. The van der Waals surface area contributed by atoms with Crippen molar-refractivity contribution in [2.45, 2.75) is 44.1 Å². The van der Waals surface area contributed by atoms with Crippen LogP contribution in [0.15, 0.2) is 0 Å². The fraction of sp³-hybridized carbons (Fsp3) is 0.909. The van der Waals surface area contributed by atoms with Gasteiger partial charge in [-0.05, 0) is 31.4 Å². The number of hydrogen-bond acceptors (Lipinski definition) is 3. The van der Waals surface area contributed by atoms with Gasteiger partial charge in [0.2, 0.25) is 0 Å².